The third-order valence-electron chi connectivity index (χ3n) is 3.94. The Morgan fingerprint density at radius 1 is 1.07 bits per heavy atom. The Kier molecular flexibility index (Phi) is 7.02. The summed E-state index contributed by atoms with van der Waals surface area (Å²) in [6, 6.07) is 6.50. The summed E-state index contributed by atoms with van der Waals surface area (Å²) in [6.07, 6.45) is 0. The number of carbonyl (C=O) groups is 2. The molecule has 28 heavy (non-hydrogen) atoms. The zero-order valence-corrected chi connectivity index (χ0v) is 18.3. The topological polar surface area (TPSA) is 118 Å². The Hall–Kier alpha value is -2.17. The van der Waals surface area contributed by atoms with Crippen molar-refractivity contribution in [3.8, 4) is 0 Å². The molecule has 1 atom stereocenters. The van der Waals surface area contributed by atoms with Gasteiger partial charge in [0.25, 0.3) is 11.8 Å². The number of benzene rings is 1. The van der Waals surface area contributed by atoms with Crippen LogP contribution in [0.4, 0.5) is 0 Å². The molecule has 2 aromatic rings. The Morgan fingerprint density at radius 2 is 1.68 bits per heavy atom. The lowest BCUT2D eigenvalue weighted by Crippen LogP contribution is -2.54. The standard InChI is InChI=1S/C18H22BrN3O5S/c1-10(2)16(22-28(25,26)14-7-5-13(19)6-8-14)18(24)21-20-17(23)15-9-11(3)27-12(15)4/h5-10,16,22H,1-4H3,(H,20,23)(H,21,24)/t16-/m0/s1. The van der Waals surface area contributed by atoms with Crippen LogP contribution in [0.25, 0.3) is 0 Å². The number of sulfonamides is 1. The maximum atomic E-state index is 12.6. The highest BCUT2D eigenvalue weighted by Crippen LogP contribution is 2.16. The van der Waals surface area contributed by atoms with Gasteiger partial charge in [-0.1, -0.05) is 29.8 Å². The number of hydrogen-bond donors (Lipinski definition) is 3. The summed E-state index contributed by atoms with van der Waals surface area (Å²) in [5.41, 5.74) is 4.84. The smallest absolute Gasteiger partial charge is 0.273 e. The van der Waals surface area contributed by atoms with E-state index in [0.29, 0.717) is 11.5 Å². The van der Waals surface area contributed by atoms with Crippen LogP contribution in [0.5, 0.6) is 0 Å². The van der Waals surface area contributed by atoms with Crippen molar-refractivity contribution in [2.45, 2.75) is 38.6 Å². The lowest BCUT2D eigenvalue weighted by molar-refractivity contribution is -0.124. The molecule has 0 radical (unpaired) electrons. The minimum absolute atomic E-state index is 0.0303. The van der Waals surface area contributed by atoms with Gasteiger partial charge in [-0.3, -0.25) is 20.4 Å². The molecule has 0 fully saturated rings. The summed E-state index contributed by atoms with van der Waals surface area (Å²) >= 11 is 3.24. The molecule has 0 aliphatic heterocycles. The summed E-state index contributed by atoms with van der Waals surface area (Å²) in [4.78, 5) is 24.7. The van der Waals surface area contributed by atoms with Gasteiger partial charge in [-0.05, 0) is 50.1 Å². The summed E-state index contributed by atoms with van der Waals surface area (Å²) < 4.78 is 33.5. The van der Waals surface area contributed by atoms with Gasteiger partial charge in [-0.25, -0.2) is 8.42 Å². The lowest BCUT2D eigenvalue weighted by atomic mass is 10.1. The fourth-order valence-corrected chi connectivity index (χ4v) is 4.07. The Balaban J connectivity index is 2.08. The number of hydrogen-bond acceptors (Lipinski definition) is 5. The van der Waals surface area contributed by atoms with E-state index in [2.05, 4.69) is 31.5 Å². The Morgan fingerprint density at radius 3 is 2.18 bits per heavy atom. The second-order valence-corrected chi connectivity index (χ2v) is 9.20. The third kappa shape index (κ3) is 5.43. The Labute approximate surface area is 172 Å². The lowest BCUT2D eigenvalue weighted by Gasteiger charge is -2.21. The first-order valence-electron chi connectivity index (χ1n) is 8.46. The normalized spacial score (nSPS) is 12.6. The van der Waals surface area contributed by atoms with Gasteiger partial charge in [0.1, 0.15) is 17.6 Å². The van der Waals surface area contributed by atoms with Gasteiger partial charge in [0.15, 0.2) is 0 Å². The van der Waals surface area contributed by atoms with Gasteiger partial charge in [0, 0.05) is 4.47 Å². The predicted molar refractivity (Wildman–Crippen MR) is 107 cm³/mol. The molecule has 2 rings (SSSR count). The molecule has 1 aromatic heterocycles. The number of halogens is 1. The van der Waals surface area contributed by atoms with E-state index in [0.717, 1.165) is 4.47 Å². The second kappa shape index (κ2) is 8.89. The van der Waals surface area contributed by atoms with Crippen molar-refractivity contribution in [3.63, 3.8) is 0 Å². The van der Waals surface area contributed by atoms with Crippen molar-refractivity contribution < 1.29 is 22.4 Å². The number of amides is 2. The van der Waals surface area contributed by atoms with Crippen LogP contribution < -0.4 is 15.6 Å². The molecule has 0 aliphatic carbocycles. The van der Waals surface area contributed by atoms with Crippen LogP contribution >= 0.6 is 15.9 Å². The van der Waals surface area contributed by atoms with Gasteiger partial charge in [0.05, 0.1) is 10.5 Å². The molecule has 1 aromatic carbocycles. The van der Waals surface area contributed by atoms with Crippen LogP contribution in [-0.4, -0.2) is 26.3 Å². The van der Waals surface area contributed by atoms with Crippen LogP contribution in [0.1, 0.15) is 35.7 Å². The van der Waals surface area contributed by atoms with Crippen molar-refractivity contribution in [2.75, 3.05) is 0 Å². The molecule has 1 heterocycles. The highest BCUT2D eigenvalue weighted by Gasteiger charge is 2.29. The fourth-order valence-electron chi connectivity index (χ4n) is 2.46. The molecule has 2 amide bonds. The molecule has 0 saturated carbocycles. The van der Waals surface area contributed by atoms with E-state index >= 15 is 0 Å². The number of rotatable bonds is 6. The first kappa shape index (κ1) is 22.1. The molecule has 0 bridgehead atoms. The van der Waals surface area contributed by atoms with E-state index in [9.17, 15) is 18.0 Å². The zero-order chi connectivity index (χ0) is 21.1. The summed E-state index contributed by atoms with van der Waals surface area (Å²) in [7, 11) is -3.92. The molecule has 0 saturated heterocycles. The van der Waals surface area contributed by atoms with Gasteiger partial charge >= 0.3 is 0 Å². The van der Waals surface area contributed by atoms with E-state index in [1.807, 2.05) is 0 Å². The van der Waals surface area contributed by atoms with Gasteiger partial charge in [-0.2, -0.15) is 4.72 Å². The van der Waals surface area contributed by atoms with Gasteiger partial charge in [-0.15, -0.1) is 0 Å². The average Bonchev–Trinajstić information content (AvgIpc) is 2.96. The molecule has 3 N–H and O–H groups in total. The van der Waals surface area contributed by atoms with Crippen molar-refractivity contribution in [1.29, 1.82) is 0 Å². The van der Waals surface area contributed by atoms with Crippen LogP contribution in [0.3, 0.4) is 0 Å². The molecule has 0 aliphatic rings. The Bertz CT molecular complexity index is 968. The van der Waals surface area contributed by atoms with Crippen LogP contribution in [0, 0.1) is 19.8 Å². The molecular formula is C18H22BrN3O5S. The summed E-state index contributed by atoms with van der Waals surface area (Å²) in [5, 5.41) is 0. The second-order valence-electron chi connectivity index (χ2n) is 6.57. The summed E-state index contributed by atoms with van der Waals surface area (Å²) in [5.74, 6) is -0.611. The molecule has 8 nitrogen and oxygen atoms in total. The van der Waals surface area contributed by atoms with Crippen molar-refractivity contribution >= 4 is 37.8 Å². The van der Waals surface area contributed by atoms with Gasteiger partial charge < -0.3 is 4.42 Å². The highest BCUT2D eigenvalue weighted by molar-refractivity contribution is 9.10. The van der Waals surface area contributed by atoms with Crippen LogP contribution in [0.15, 0.2) is 44.1 Å². The number of furan rings is 1. The third-order valence-corrected chi connectivity index (χ3v) is 5.93. The fraction of sp³-hybridized carbons (Fsp3) is 0.333. The molecule has 0 spiro atoms. The number of hydrazine groups is 1. The molecule has 152 valence electrons. The van der Waals surface area contributed by atoms with E-state index in [-0.39, 0.29) is 16.4 Å². The minimum Gasteiger partial charge on any atom is -0.466 e. The number of nitrogens with one attached hydrogen (secondary N) is 3. The van der Waals surface area contributed by atoms with Gasteiger partial charge in [0.2, 0.25) is 10.0 Å². The van der Waals surface area contributed by atoms with E-state index in [4.69, 9.17) is 4.42 Å². The SMILES string of the molecule is Cc1cc(C(=O)NNC(=O)[C@@H](NS(=O)(=O)c2ccc(Br)cc2)C(C)C)c(C)o1. The van der Waals surface area contributed by atoms with E-state index < -0.39 is 27.9 Å². The van der Waals surface area contributed by atoms with Crippen molar-refractivity contribution in [3.05, 3.63) is 51.9 Å². The van der Waals surface area contributed by atoms with Crippen molar-refractivity contribution in [2.24, 2.45) is 5.92 Å². The molecular weight excluding hydrogens is 450 g/mol. The first-order valence-corrected chi connectivity index (χ1v) is 10.7. The predicted octanol–water partition coefficient (Wildman–Crippen LogP) is 2.42. The molecule has 10 heteroatoms. The molecule has 0 unspecified atom stereocenters. The van der Waals surface area contributed by atoms with Crippen LogP contribution in [-0.2, 0) is 14.8 Å². The zero-order valence-electron chi connectivity index (χ0n) is 15.9. The minimum atomic E-state index is -3.92. The first-order chi connectivity index (χ1) is 13.0. The monoisotopic (exact) mass is 471 g/mol. The average molecular weight is 472 g/mol. The number of carbonyl (C=O) groups excluding carboxylic acids is 2. The maximum absolute atomic E-state index is 12.6. The van der Waals surface area contributed by atoms with E-state index in [1.54, 1.807) is 45.9 Å². The number of aryl methyl sites for hydroxylation is 2. The van der Waals surface area contributed by atoms with Crippen molar-refractivity contribution in [1.82, 2.24) is 15.6 Å². The van der Waals surface area contributed by atoms with E-state index in [1.165, 1.54) is 12.1 Å². The van der Waals surface area contributed by atoms with Crippen LogP contribution in [0.2, 0.25) is 0 Å². The highest BCUT2D eigenvalue weighted by atomic mass is 79.9. The largest absolute Gasteiger partial charge is 0.466 e. The quantitative estimate of drug-likeness (QED) is 0.559. The maximum Gasteiger partial charge on any atom is 0.273 e. The summed E-state index contributed by atoms with van der Waals surface area (Å²) in [6.45, 7) is 6.72.